The van der Waals surface area contributed by atoms with Crippen LogP contribution >= 0.6 is 0 Å². The van der Waals surface area contributed by atoms with Gasteiger partial charge in [0.05, 0.1) is 0 Å². The molecule has 0 aromatic carbocycles. The maximum atomic E-state index is 11.6. The van der Waals surface area contributed by atoms with E-state index in [0.29, 0.717) is 12.5 Å². The number of nitrogens with zero attached hydrogens (tertiary/aromatic N) is 1. The monoisotopic (exact) mass is 269 g/mol. The lowest BCUT2D eigenvalue weighted by Crippen LogP contribution is -2.34. The van der Waals surface area contributed by atoms with Gasteiger partial charge in [-0.25, -0.2) is 0 Å². The summed E-state index contributed by atoms with van der Waals surface area (Å²) < 4.78 is 5.30. The van der Waals surface area contributed by atoms with E-state index in [1.54, 1.807) is 0 Å². The third-order valence-electron chi connectivity index (χ3n) is 3.73. The average molecular weight is 269 g/mol. The predicted octanol–water partition coefficient (Wildman–Crippen LogP) is 2.90. The number of hydrogen-bond acceptors (Lipinski definition) is 3. The first-order chi connectivity index (χ1) is 9.04. The van der Waals surface area contributed by atoms with Gasteiger partial charge in [-0.3, -0.25) is 9.59 Å². The molecule has 0 aliphatic carbocycles. The van der Waals surface area contributed by atoms with Crippen molar-refractivity contribution in [2.75, 3.05) is 6.54 Å². The average Bonchev–Trinajstić information content (AvgIpc) is 2.74. The highest BCUT2D eigenvalue weighted by Gasteiger charge is 2.24. The summed E-state index contributed by atoms with van der Waals surface area (Å²) in [5, 5.41) is 0. The van der Waals surface area contributed by atoms with Gasteiger partial charge in [0.1, 0.15) is 6.10 Å². The smallest absolute Gasteiger partial charge is 0.302 e. The quantitative estimate of drug-likeness (QED) is 0.636. The van der Waals surface area contributed by atoms with E-state index in [2.05, 4.69) is 13.8 Å². The molecule has 1 amide bonds. The van der Waals surface area contributed by atoms with E-state index in [4.69, 9.17) is 4.74 Å². The van der Waals surface area contributed by atoms with Gasteiger partial charge in [-0.15, -0.1) is 0 Å². The van der Waals surface area contributed by atoms with Gasteiger partial charge in [-0.2, -0.15) is 0 Å². The van der Waals surface area contributed by atoms with Crippen LogP contribution in [0.2, 0.25) is 0 Å². The van der Waals surface area contributed by atoms with Gasteiger partial charge in [-0.1, -0.05) is 13.3 Å². The maximum absolute atomic E-state index is 11.6. The Labute approximate surface area is 116 Å². The van der Waals surface area contributed by atoms with Crippen molar-refractivity contribution in [3.8, 4) is 0 Å². The lowest BCUT2D eigenvalue weighted by atomic mass is 10.0. The van der Waals surface area contributed by atoms with E-state index in [1.165, 1.54) is 6.92 Å². The van der Waals surface area contributed by atoms with Crippen LogP contribution < -0.4 is 0 Å². The second kappa shape index (κ2) is 8.18. The molecule has 110 valence electrons. The Bertz CT molecular complexity index is 302. The number of carbonyl (C=O) groups excluding carboxylic acids is 2. The normalized spacial score (nSPS) is 18.5. The first kappa shape index (κ1) is 16.0. The molecule has 1 aliphatic heterocycles. The number of hydrogen-bond donors (Lipinski definition) is 0. The van der Waals surface area contributed by atoms with Gasteiger partial charge < -0.3 is 9.64 Å². The number of esters is 1. The number of amides is 1. The van der Waals surface area contributed by atoms with Crippen LogP contribution in [0.25, 0.3) is 0 Å². The molecule has 2 atom stereocenters. The summed E-state index contributed by atoms with van der Waals surface area (Å²) in [5.74, 6) is 0.0961. The van der Waals surface area contributed by atoms with Crippen LogP contribution in [0.5, 0.6) is 0 Å². The Morgan fingerprint density at radius 3 is 2.63 bits per heavy atom. The highest BCUT2D eigenvalue weighted by molar-refractivity contribution is 5.78. The molecule has 2 unspecified atom stereocenters. The lowest BCUT2D eigenvalue weighted by molar-refractivity contribution is -0.147. The Kier molecular flexibility index (Phi) is 6.89. The number of likely N-dealkylation sites (tertiary alicyclic amines) is 1. The zero-order chi connectivity index (χ0) is 14.3. The minimum atomic E-state index is -0.193. The fraction of sp³-hybridized carbons (Fsp3) is 0.867. The van der Waals surface area contributed by atoms with E-state index >= 15 is 0 Å². The molecule has 1 fully saturated rings. The highest BCUT2D eigenvalue weighted by atomic mass is 16.5. The summed E-state index contributed by atoms with van der Waals surface area (Å²) in [6.07, 6.45) is 6.60. The zero-order valence-corrected chi connectivity index (χ0v) is 12.5. The van der Waals surface area contributed by atoms with Gasteiger partial charge in [0.2, 0.25) is 5.91 Å². The van der Waals surface area contributed by atoms with Crippen molar-refractivity contribution in [1.29, 1.82) is 0 Å². The van der Waals surface area contributed by atoms with Crippen molar-refractivity contribution in [3.05, 3.63) is 0 Å². The number of rotatable bonds is 8. The molecule has 4 heteroatoms. The zero-order valence-electron chi connectivity index (χ0n) is 12.5. The molecule has 0 saturated carbocycles. The van der Waals surface area contributed by atoms with Crippen molar-refractivity contribution in [1.82, 2.24) is 4.90 Å². The molecule has 19 heavy (non-hydrogen) atoms. The van der Waals surface area contributed by atoms with Crippen LogP contribution in [0.1, 0.15) is 65.7 Å². The summed E-state index contributed by atoms with van der Waals surface area (Å²) in [6, 6.07) is 0.314. The van der Waals surface area contributed by atoms with Crippen LogP contribution in [0.4, 0.5) is 0 Å². The third-order valence-corrected chi connectivity index (χ3v) is 3.73. The second-order valence-electron chi connectivity index (χ2n) is 5.49. The van der Waals surface area contributed by atoms with Crippen molar-refractivity contribution in [3.63, 3.8) is 0 Å². The van der Waals surface area contributed by atoms with Gasteiger partial charge in [0.15, 0.2) is 0 Å². The molecule has 1 heterocycles. The number of ether oxygens (including phenoxy) is 1. The molecule has 0 aromatic heterocycles. The third kappa shape index (κ3) is 5.62. The van der Waals surface area contributed by atoms with Crippen molar-refractivity contribution >= 4 is 11.9 Å². The molecule has 0 radical (unpaired) electrons. The van der Waals surface area contributed by atoms with Crippen LogP contribution in [0.3, 0.4) is 0 Å². The van der Waals surface area contributed by atoms with Gasteiger partial charge in [-0.05, 0) is 39.0 Å². The fourth-order valence-electron chi connectivity index (χ4n) is 2.75. The standard InChI is InChI=1S/C15H27NO3/c1-4-7-14(19-13(3)17)9-5-8-12(2)16-11-6-10-15(16)18/h12,14H,4-11H2,1-3H3. The Morgan fingerprint density at radius 1 is 1.37 bits per heavy atom. The molecule has 4 nitrogen and oxygen atoms in total. The summed E-state index contributed by atoms with van der Waals surface area (Å²) in [6.45, 7) is 6.59. The summed E-state index contributed by atoms with van der Waals surface area (Å²) in [5.41, 5.74) is 0. The van der Waals surface area contributed by atoms with Crippen LogP contribution in [0.15, 0.2) is 0 Å². The van der Waals surface area contributed by atoms with Crippen LogP contribution in [-0.4, -0.2) is 35.5 Å². The molecule has 0 N–H and O–H groups in total. The summed E-state index contributed by atoms with van der Waals surface area (Å²) in [7, 11) is 0. The van der Waals surface area contributed by atoms with Crippen LogP contribution in [0, 0.1) is 0 Å². The Morgan fingerprint density at radius 2 is 2.11 bits per heavy atom. The minimum Gasteiger partial charge on any atom is -0.463 e. The second-order valence-corrected chi connectivity index (χ2v) is 5.49. The van der Waals surface area contributed by atoms with E-state index in [-0.39, 0.29) is 18.0 Å². The van der Waals surface area contributed by atoms with E-state index < -0.39 is 0 Å². The van der Waals surface area contributed by atoms with Gasteiger partial charge >= 0.3 is 5.97 Å². The minimum absolute atomic E-state index is 0.0454. The molecule has 1 aliphatic rings. The molecule has 1 rings (SSSR count). The van der Waals surface area contributed by atoms with Gasteiger partial charge in [0, 0.05) is 25.9 Å². The molecule has 0 aromatic rings. The molecule has 0 spiro atoms. The number of carbonyl (C=O) groups is 2. The van der Waals surface area contributed by atoms with E-state index in [1.807, 2.05) is 4.90 Å². The maximum Gasteiger partial charge on any atom is 0.302 e. The molecular formula is C15H27NO3. The Hall–Kier alpha value is -1.06. The van der Waals surface area contributed by atoms with Crippen molar-refractivity contribution in [2.45, 2.75) is 77.9 Å². The first-order valence-electron chi connectivity index (χ1n) is 7.51. The largest absolute Gasteiger partial charge is 0.463 e. The highest BCUT2D eigenvalue weighted by Crippen LogP contribution is 2.19. The van der Waals surface area contributed by atoms with E-state index in [0.717, 1.165) is 45.1 Å². The van der Waals surface area contributed by atoms with Crippen molar-refractivity contribution in [2.24, 2.45) is 0 Å². The Balaban J connectivity index is 2.26. The predicted molar refractivity (Wildman–Crippen MR) is 74.7 cm³/mol. The lowest BCUT2D eigenvalue weighted by Gasteiger charge is -2.25. The van der Waals surface area contributed by atoms with Gasteiger partial charge in [0.25, 0.3) is 0 Å². The molecular weight excluding hydrogens is 242 g/mol. The van der Waals surface area contributed by atoms with E-state index in [9.17, 15) is 9.59 Å². The fourth-order valence-corrected chi connectivity index (χ4v) is 2.75. The first-order valence-corrected chi connectivity index (χ1v) is 7.51. The molecule has 1 saturated heterocycles. The van der Waals surface area contributed by atoms with Crippen molar-refractivity contribution < 1.29 is 14.3 Å². The van der Waals surface area contributed by atoms with Crippen LogP contribution in [-0.2, 0) is 14.3 Å². The topological polar surface area (TPSA) is 46.6 Å². The SMILES string of the molecule is CCCC(CCCC(C)N1CCCC1=O)OC(C)=O. The summed E-state index contributed by atoms with van der Waals surface area (Å²) >= 11 is 0. The molecule has 0 bridgehead atoms. The summed E-state index contributed by atoms with van der Waals surface area (Å²) in [4.78, 5) is 24.6.